The number of hydrogen-bond acceptors (Lipinski definition) is 18. The van der Waals surface area contributed by atoms with Gasteiger partial charge in [0.1, 0.15) is 23.3 Å². The normalized spacial score (nSPS) is 15.3. The van der Waals surface area contributed by atoms with Crippen LogP contribution in [0.15, 0.2) is 134 Å². The molecule has 0 unspecified atom stereocenters. The van der Waals surface area contributed by atoms with Crippen molar-refractivity contribution < 1.29 is 24.7 Å². The Kier molecular flexibility index (Phi) is 22.2. The lowest BCUT2D eigenvalue weighted by molar-refractivity contribution is -0.385. The lowest BCUT2D eigenvalue weighted by atomic mass is 9.84. The van der Waals surface area contributed by atoms with Crippen LogP contribution in [0.5, 0.6) is 0 Å². The summed E-state index contributed by atoms with van der Waals surface area (Å²) in [5, 5.41) is 42.5. The number of carbonyl (C=O) groups excluding carboxylic acids is 1. The molecule has 3 fully saturated rings. The largest absolute Gasteiger partial charge is 0.437 e. The van der Waals surface area contributed by atoms with E-state index in [0.29, 0.717) is 17.7 Å². The lowest BCUT2D eigenvalue weighted by Gasteiger charge is -2.35. The number of aromatic nitrogens is 5. The van der Waals surface area contributed by atoms with Crippen LogP contribution >= 0.6 is 0 Å². The maximum Gasteiger partial charge on any atom is 0.376 e. The fourth-order valence-electron chi connectivity index (χ4n) is 8.80. The monoisotopic (exact) mass is 1030 g/mol. The van der Waals surface area contributed by atoms with Crippen LogP contribution in [0.25, 0.3) is 28.4 Å². The van der Waals surface area contributed by atoms with Crippen molar-refractivity contribution in [2.45, 2.75) is 40.7 Å². The molecule has 4 aromatic heterocycles. The van der Waals surface area contributed by atoms with E-state index in [1.165, 1.54) is 35.4 Å². The van der Waals surface area contributed by atoms with Gasteiger partial charge in [-0.2, -0.15) is 0 Å². The molecule has 0 aliphatic carbocycles. The fraction of sp³-hybridized carbons (Fsp3) is 0.340. The lowest BCUT2D eigenvalue weighted by Crippen LogP contribution is -2.51. The second kappa shape index (κ2) is 29.1. The Balaban J connectivity index is 0.000000194. The molecule has 0 atom stereocenters. The van der Waals surface area contributed by atoms with Crippen molar-refractivity contribution in [1.29, 1.82) is 0 Å². The number of rotatable bonds is 13. The van der Waals surface area contributed by atoms with Crippen LogP contribution in [-0.4, -0.2) is 168 Å². The molecule has 3 aliphatic heterocycles. The molecule has 398 valence electrons. The Morgan fingerprint density at radius 2 is 1.13 bits per heavy atom. The third-order valence-electron chi connectivity index (χ3n) is 13.0. The number of non-ortho nitro benzene ring substituents is 2. The number of anilines is 1. The average Bonchev–Trinajstić information content (AvgIpc) is 3.83. The van der Waals surface area contributed by atoms with E-state index in [4.69, 9.17) is 15.7 Å². The van der Waals surface area contributed by atoms with Gasteiger partial charge < -0.3 is 30.7 Å². The first-order chi connectivity index (χ1) is 36.3. The summed E-state index contributed by atoms with van der Waals surface area (Å²) in [6.07, 6.45) is 6.03. The van der Waals surface area contributed by atoms with Gasteiger partial charge in [0.05, 0.1) is 9.85 Å². The summed E-state index contributed by atoms with van der Waals surface area (Å²) in [5.74, 6) is 1.38. The molecule has 0 radical (unpaired) electrons. The summed E-state index contributed by atoms with van der Waals surface area (Å²) < 4.78 is 2.09. The van der Waals surface area contributed by atoms with Gasteiger partial charge >= 0.3 is 14.1 Å². The number of benzene rings is 3. The number of nitrogens with zero attached hydrogens (tertiary/aromatic N) is 12. The standard InChI is InChI=1S/C28H28N8.C12H18BN3O3.C7H5NO3.C5H13BN2O.CH4/c29-26-18-22(10-13-31-26)20-35-16-14-34(15-17-35)19-21-6-8-23(9-7-21)36-27-25(5-3-12-32-27)33-28(36)24-4-1-2-11-30-24;1-13(17)15-8-6-14(7-9-15)10-11-2-4-12(5-3-11)16(18)19;9-5-6-1-3-7(4-2-6)8(10)11;1-6(9)8-4-2-7-3-5-8;/h1-13,18H,14-17,19-20H2,(H2,29,31);2-5,17H,6-10H2,1H3;1-5H;7,9H,2-5H2,1H3;1H4. The predicted octanol–water partition coefficient (Wildman–Crippen LogP) is 5.65. The zero-order valence-corrected chi connectivity index (χ0v) is 42.4. The number of carbonyl (C=O) groups is 1. The average molecular weight is 1030 g/mol. The smallest absolute Gasteiger partial charge is 0.376 e. The van der Waals surface area contributed by atoms with Crippen molar-refractivity contribution in [2.24, 2.45) is 0 Å². The summed E-state index contributed by atoms with van der Waals surface area (Å²) >= 11 is 0. The molecule has 5 N–H and O–H groups in total. The molecular formula is C53H68B2N14O7. The summed E-state index contributed by atoms with van der Waals surface area (Å²) in [4.78, 5) is 59.3. The highest BCUT2D eigenvalue weighted by Crippen LogP contribution is 2.27. The van der Waals surface area contributed by atoms with Crippen molar-refractivity contribution in [3.05, 3.63) is 176 Å². The van der Waals surface area contributed by atoms with Crippen LogP contribution < -0.4 is 11.1 Å². The van der Waals surface area contributed by atoms with E-state index in [1.54, 1.807) is 49.7 Å². The minimum atomic E-state index is -0.505. The van der Waals surface area contributed by atoms with Gasteiger partial charge in [-0.1, -0.05) is 37.8 Å². The molecule has 3 aliphatic rings. The molecule has 3 saturated heterocycles. The Bertz CT molecular complexity index is 2880. The molecule has 21 nitrogen and oxygen atoms in total. The number of nitrogens with two attached hydrogens (primary N) is 1. The van der Waals surface area contributed by atoms with Gasteiger partial charge in [0.25, 0.3) is 11.4 Å². The first kappa shape index (κ1) is 57.9. The van der Waals surface area contributed by atoms with Crippen LogP contribution in [-0.2, 0) is 19.6 Å². The number of aldehydes is 1. The van der Waals surface area contributed by atoms with Gasteiger partial charge in [-0.05, 0) is 91.0 Å². The molecule has 0 bridgehead atoms. The molecule has 0 saturated carbocycles. The third-order valence-corrected chi connectivity index (χ3v) is 13.0. The number of nitrogens with one attached hydrogen (secondary N) is 1. The maximum absolute atomic E-state index is 10.6. The molecular weight excluding hydrogens is 966 g/mol. The van der Waals surface area contributed by atoms with Crippen LogP contribution in [0.2, 0.25) is 13.6 Å². The van der Waals surface area contributed by atoms with Gasteiger partial charge in [0.15, 0.2) is 11.5 Å². The van der Waals surface area contributed by atoms with Crippen LogP contribution in [0, 0.1) is 20.2 Å². The summed E-state index contributed by atoms with van der Waals surface area (Å²) in [7, 11) is -0.659. The van der Waals surface area contributed by atoms with Gasteiger partial charge in [-0.25, -0.2) is 15.0 Å². The third kappa shape index (κ3) is 17.1. The number of piperazine rings is 3. The molecule has 0 spiro atoms. The van der Waals surface area contributed by atoms with E-state index in [2.05, 4.69) is 68.6 Å². The number of fused-ring (bicyclic) bond motifs is 1. The molecule has 23 heteroatoms. The molecule has 3 aromatic carbocycles. The van der Waals surface area contributed by atoms with E-state index in [0.717, 1.165) is 132 Å². The van der Waals surface area contributed by atoms with E-state index < -0.39 is 4.92 Å². The van der Waals surface area contributed by atoms with Crippen molar-refractivity contribution in [3.8, 4) is 17.2 Å². The number of pyridine rings is 3. The van der Waals surface area contributed by atoms with Crippen molar-refractivity contribution in [3.63, 3.8) is 0 Å². The van der Waals surface area contributed by atoms with E-state index >= 15 is 0 Å². The summed E-state index contributed by atoms with van der Waals surface area (Å²) in [5.41, 5.74) is 13.5. The van der Waals surface area contributed by atoms with Crippen molar-refractivity contribution in [2.75, 3.05) is 84.3 Å². The van der Waals surface area contributed by atoms with Gasteiger partial charge in [0.2, 0.25) is 0 Å². The zero-order valence-electron chi connectivity index (χ0n) is 42.4. The molecule has 0 amide bonds. The minimum Gasteiger partial charge on any atom is -0.437 e. The zero-order chi connectivity index (χ0) is 53.1. The number of imidazole rings is 1. The van der Waals surface area contributed by atoms with Gasteiger partial charge in [-0.3, -0.25) is 49.3 Å². The Hall–Kier alpha value is -7.34. The summed E-state index contributed by atoms with van der Waals surface area (Å²) in [6.45, 7) is 17.9. The maximum atomic E-state index is 10.6. The first-order valence-corrected chi connectivity index (χ1v) is 25.0. The number of nitrogen functional groups attached to an aromatic ring is 1. The van der Waals surface area contributed by atoms with Crippen LogP contribution in [0.1, 0.15) is 34.5 Å². The van der Waals surface area contributed by atoms with E-state index in [-0.39, 0.29) is 37.8 Å². The molecule has 10 rings (SSSR count). The first-order valence-electron chi connectivity index (χ1n) is 25.0. The molecule has 7 heterocycles. The predicted molar refractivity (Wildman–Crippen MR) is 299 cm³/mol. The fourth-order valence-corrected chi connectivity index (χ4v) is 8.80. The Labute approximate surface area is 444 Å². The minimum absolute atomic E-state index is 0. The molecule has 76 heavy (non-hydrogen) atoms. The molecule has 7 aromatic rings. The van der Waals surface area contributed by atoms with Crippen molar-refractivity contribution >= 4 is 48.7 Å². The van der Waals surface area contributed by atoms with E-state index in [9.17, 15) is 30.0 Å². The Morgan fingerprint density at radius 1 is 0.618 bits per heavy atom. The van der Waals surface area contributed by atoms with Gasteiger partial charge in [-0.15, -0.1) is 0 Å². The highest BCUT2D eigenvalue weighted by atomic mass is 16.6. The topological polar surface area (TPSA) is 255 Å². The quantitative estimate of drug-likeness (QED) is 0.0471. The number of hydrogen-bond donors (Lipinski definition) is 4. The summed E-state index contributed by atoms with van der Waals surface area (Å²) in [6, 6.07) is 34.6. The number of nitro benzene ring substituents is 2. The Morgan fingerprint density at radius 3 is 1.63 bits per heavy atom. The highest BCUT2D eigenvalue weighted by molar-refractivity contribution is 6.45. The highest BCUT2D eigenvalue weighted by Gasteiger charge is 2.23. The second-order valence-electron chi connectivity index (χ2n) is 18.4. The SMILES string of the molecule is C.CB(O)N1CCN(Cc2ccc([N+](=O)[O-])cc2)CC1.CB(O)N1CCNCC1.Nc1cc(CN2CCN(Cc3ccc(-n4c(-c5ccccn5)nc5cccnc54)cc3)CC2)ccn1.O=Cc1ccc([N+](=O)[O-])cc1. The van der Waals surface area contributed by atoms with Crippen LogP contribution in [0.3, 0.4) is 0 Å². The van der Waals surface area contributed by atoms with Crippen molar-refractivity contribution in [1.82, 2.24) is 54.1 Å². The van der Waals surface area contributed by atoms with Crippen LogP contribution in [0.4, 0.5) is 17.2 Å². The second-order valence-corrected chi connectivity index (χ2v) is 18.4. The number of nitro groups is 2. The van der Waals surface area contributed by atoms with Gasteiger partial charge in [0, 0.05) is 152 Å². The van der Waals surface area contributed by atoms with E-state index in [1.807, 2.05) is 54.1 Å².